The normalized spacial score (nSPS) is 18.1. The molecule has 1 aromatic carbocycles. The van der Waals surface area contributed by atoms with E-state index in [1.165, 1.54) is 6.92 Å². The highest BCUT2D eigenvalue weighted by Crippen LogP contribution is 2.34. The fourth-order valence-electron chi connectivity index (χ4n) is 2.15. The van der Waals surface area contributed by atoms with E-state index in [0.717, 1.165) is 24.0 Å². The van der Waals surface area contributed by atoms with Gasteiger partial charge < -0.3 is 0 Å². The van der Waals surface area contributed by atoms with Crippen molar-refractivity contribution in [1.82, 2.24) is 0 Å². The van der Waals surface area contributed by atoms with Gasteiger partial charge in [0.25, 0.3) is 0 Å². The maximum Gasteiger partial charge on any atom is 0.168 e. The fraction of sp³-hybridized carbons (Fsp3) is 0.429. The monoisotopic (exact) mass is 216 g/mol. The molecule has 1 aliphatic rings. The lowest BCUT2D eigenvalue weighted by Crippen LogP contribution is -2.30. The third-order valence-electron chi connectivity index (χ3n) is 3.40. The summed E-state index contributed by atoms with van der Waals surface area (Å²) >= 11 is 0. The molecule has 0 saturated carbocycles. The van der Waals surface area contributed by atoms with Gasteiger partial charge in [0.15, 0.2) is 11.6 Å². The average Bonchev–Trinajstić information content (AvgIpc) is 2.23. The van der Waals surface area contributed by atoms with E-state index in [-0.39, 0.29) is 17.0 Å². The van der Waals surface area contributed by atoms with Gasteiger partial charge in [-0.25, -0.2) is 0 Å². The minimum atomic E-state index is -0.289. The highest BCUT2D eigenvalue weighted by atomic mass is 16.1. The molecule has 0 radical (unpaired) electrons. The Morgan fingerprint density at radius 2 is 2.00 bits per heavy atom. The molecular formula is C14H16O2. The number of carbonyl (C=O) groups is 2. The molecule has 0 heterocycles. The van der Waals surface area contributed by atoms with Crippen LogP contribution < -0.4 is 0 Å². The SMILES string of the molecule is CC(=O)c1ccc2c(c1)C(=O)C(C)(C)CC2. The maximum atomic E-state index is 12.2. The summed E-state index contributed by atoms with van der Waals surface area (Å²) in [7, 11) is 0. The van der Waals surface area contributed by atoms with E-state index in [1.54, 1.807) is 6.07 Å². The van der Waals surface area contributed by atoms with Crippen molar-refractivity contribution in [3.05, 3.63) is 34.9 Å². The molecule has 0 spiro atoms. The summed E-state index contributed by atoms with van der Waals surface area (Å²) in [6, 6.07) is 5.48. The Morgan fingerprint density at radius 3 is 2.62 bits per heavy atom. The van der Waals surface area contributed by atoms with E-state index in [2.05, 4.69) is 0 Å². The number of hydrogen-bond acceptors (Lipinski definition) is 2. The van der Waals surface area contributed by atoms with Crippen molar-refractivity contribution in [3.8, 4) is 0 Å². The van der Waals surface area contributed by atoms with Crippen LogP contribution >= 0.6 is 0 Å². The largest absolute Gasteiger partial charge is 0.295 e. The molecule has 84 valence electrons. The number of fused-ring (bicyclic) bond motifs is 1. The van der Waals surface area contributed by atoms with Gasteiger partial charge in [0.2, 0.25) is 0 Å². The Hall–Kier alpha value is -1.44. The van der Waals surface area contributed by atoms with Crippen LogP contribution in [0, 0.1) is 5.41 Å². The number of carbonyl (C=O) groups excluding carboxylic acids is 2. The van der Waals surface area contributed by atoms with Crippen LogP contribution in [0.3, 0.4) is 0 Å². The van der Waals surface area contributed by atoms with Crippen LogP contribution in [-0.2, 0) is 6.42 Å². The molecule has 0 fully saturated rings. The Bertz CT molecular complexity index is 470. The van der Waals surface area contributed by atoms with Gasteiger partial charge in [-0.05, 0) is 31.4 Å². The second kappa shape index (κ2) is 3.55. The molecule has 1 aromatic rings. The van der Waals surface area contributed by atoms with Gasteiger partial charge in [-0.2, -0.15) is 0 Å². The molecule has 0 bridgehead atoms. The van der Waals surface area contributed by atoms with Crippen LogP contribution in [0.5, 0.6) is 0 Å². The van der Waals surface area contributed by atoms with Crippen LogP contribution in [0.1, 0.15) is 53.5 Å². The lowest BCUT2D eigenvalue weighted by Gasteiger charge is -2.29. The van der Waals surface area contributed by atoms with Crippen molar-refractivity contribution in [2.75, 3.05) is 0 Å². The summed E-state index contributed by atoms with van der Waals surface area (Å²) in [5.41, 5.74) is 2.16. The summed E-state index contributed by atoms with van der Waals surface area (Å²) in [5, 5.41) is 0. The number of rotatable bonds is 1. The van der Waals surface area contributed by atoms with Crippen molar-refractivity contribution < 1.29 is 9.59 Å². The molecule has 2 heteroatoms. The zero-order chi connectivity index (χ0) is 11.9. The molecule has 1 aliphatic carbocycles. The van der Waals surface area contributed by atoms with Crippen molar-refractivity contribution >= 4 is 11.6 Å². The zero-order valence-corrected chi connectivity index (χ0v) is 9.96. The molecule has 16 heavy (non-hydrogen) atoms. The smallest absolute Gasteiger partial charge is 0.168 e. The Morgan fingerprint density at radius 1 is 1.31 bits per heavy atom. The molecule has 0 amide bonds. The van der Waals surface area contributed by atoms with Crippen LogP contribution in [-0.4, -0.2) is 11.6 Å². The first kappa shape index (κ1) is 11.1. The summed E-state index contributed by atoms with van der Waals surface area (Å²) in [4.78, 5) is 23.5. The molecular weight excluding hydrogens is 200 g/mol. The lowest BCUT2D eigenvalue weighted by molar-refractivity contribution is 0.0811. The fourth-order valence-corrected chi connectivity index (χ4v) is 2.15. The van der Waals surface area contributed by atoms with Gasteiger partial charge in [-0.1, -0.05) is 26.0 Å². The van der Waals surface area contributed by atoms with Crippen molar-refractivity contribution in [2.45, 2.75) is 33.6 Å². The predicted octanol–water partition coefficient (Wildman–Crippen LogP) is 3.04. The number of aryl methyl sites for hydroxylation is 1. The van der Waals surface area contributed by atoms with Crippen LogP contribution in [0.2, 0.25) is 0 Å². The van der Waals surface area contributed by atoms with E-state index >= 15 is 0 Å². The summed E-state index contributed by atoms with van der Waals surface area (Å²) in [6.45, 7) is 5.47. The minimum absolute atomic E-state index is 0.0129. The molecule has 0 atom stereocenters. The number of Topliss-reactive ketones (excluding diaryl/α,β-unsaturated/α-hetero) is 2. The second-order valence-electron chi connectivity index (χ2n) is 5.14. The first-order valence-electron chi connectivity index (χ1n) is 5.60. The molecule has 0 aliphatic heterocycles. The van der Waals surface area contributed by atoms with Crippen LogP contribution in [0.4, 0.5) is 0 Å². The van der Waals surface area contributed by atoms with E-state index in [1.807, 2.05) is 26.0 Å². The van der Waals surface area contributed by atoms with E-state index in [9.17, 15) is 9.59 Å². The Kier molecular flexibility index (Phi) is 2.45. The second-order valence-corrected chi connectivity index (χ2v) is 5.14. The van der Waals surface area contributed by atoms with Crippen LogP contribution in [0.15, 0.2) is 18.2 Å². The van der Waals surface area contributed by atoms with Gasteiger partial charge in [0, 0.05) is 16.5 Å². The molecule has 2 rings (SSSR count). The third kappa shape index (κ3) is 1.69. The first-order chi connectivity index (χ1) is 7.42. The van der Waals surface area contributed by atoms with Crippen molar-refractivity contribution in [3.63, 3.8) is 0 Å². The molecule has 0 aromatic heterocycles. The topological polar surface area (TPSA) is 34.1 Å². The molecule has 0 saturated heterocycles. The van der Waals surface area contributed by atoms with Crippen molar-refractivity contribution in [1.29, 1.82) is 0 Å². The van der Waals surface area contributed by atoms with E-state index in [4.69, 9.17) is 0 Å². The predicted molar refractivity (Wildman–Crippen MR) is 62.9 cm³/mol. The molecule has 0 N–H and O–H groups in total. The summed E-state index contributed by atoms with van der Waals surface area (Å²) in [5.74, 6) is 0.177. The number of ketones is 2. The maximum absolute atomic E-state index is 12.2. The zero-order valence-electron chi connectivity index (χ0n) is 9.96. The van der Waals surface area contributed by atoms with Gasteiger partial charge in [-0.15, -0.1) is 0 Å². The Balaban J connectivity index is 2.53. The lowest BCUT2D eigenvalue weighted by atomic mass is 9.73. The van der Waals surface area contributed by atoms with Gasteiger partial charge in [-0.3, -0.25) is 9.59 Å². The number of benzene rings is 1. The first-order valence-corrected chi connectivity index (χ1v) is 5.60. The number of hydrogen-bond donors (Lipinski definition) is 0. The quantitative estimate of drug-likeness (QED) is 0.676. The van der Waals surface area contributed by atoms with Gasteiger partial charge in [0.1, 0.15) is 0 Å². The van der Waals surface area contributed by atoms with E-state index < -0.39 is 0 Å². The molecule has 2 nitrogen and oxygen atoms in total. The summed E-state index contributed by atoms with van der Waals surface area (Å²) < 4.78 is 0. The highest BCUT2D eigenvalue weighted by molar-refractivity contribution is 6.04. The average molecular weight is 216 g/mol. The molecule has 0 unspecified atom stereocenters. The van der Waals surface area contributed by atoms with Gasteiger partial charge >= 0.3 is 0 Å². The van der Waals surface area contributed by atoms with Crippen molar-refractivity contribution in [2.24, 2.45) is 5.41 Å². The minimum Gasteiger partial charge on any atom is -0.295 e. The summed E-state index contributed by atoms with van der Waals surface area (Å²) in [6.07, 6.45) is 1.81. The Labute approximate surface area is 95.7 Å². The standard InChI is InChI=1S/C14H16O2/c1-9(15)11-5-4-10-6-7-14(2,3)13(16)12(10)8-11/h4-5,8H,6-7H2,1-3H3. The van der Waals surface area contributed by atoms with Gasteiger partial charge in [0.05, 0.1) is 0 Å². The van der Waals surface area contributed by atoms with E-state index in [0.29, 0.717) is 5.56 Å². The highest BCUT2D eigenvalue weighted by Gasteiger charge is 2.34. The third-order valence-corrected chi connectivity index (χ3v) is 3.40. The van der Waals surface area contributed by atoms with Crippen LogP contribution in [0.25, 0.3) is 0 Å².